The molecule has 4 aromatic rings. The molecule has 3 aromatic heterocycles. The number of para-hydroxylation sites is 1. The maximum Gasteiger partial charge on any atom is 0.342 e. The fourth-order valence-corrected chi connectivity index (χ4v) is 4.96. The molecule has 0 bridgehead atoms. The second-order valence-corrected chi connectivity index (χ2v) is 8.08. The van der Waals surface area contributed by atoms with Gasteiger partial charge in [0, 0.05) is 26.2 Å². The molecule has 7 nitrogen and oxygen atoms in total. The Morgan fingerprint density at radius 3 is 2.61 bits per heavy atom. The first-order chi connectivity index (χ1) is 13.5. The summed E-state index contributed by atoms with van der Waals surface area (Å²) in [5.41, 5.74) is 0.700. The summed E-state index contributed by atoms with van der Waals surface area (Å²) in [4.78, 5) is 34.5. The first-order valence-electron chi connectivity index (χ1n) is 9.08. The Bertz CT molecular complexity index is 1300. The molecule has 0 saturated carbocycles. The molecule has 1 aliphatic heterocycles. The monoisotopic (exact) mass is 394 g/mol. The number of carbonyl (C=O) groups is 1. The van der Waals surface area contributed by atoms with E-state index in [0.29, 0.717) is 15.9 Å². The van der Waals surface area contributed by atoms with Crippen molar-refractivity contribution in [2.75, 3.05) is 38.1 Å². The largest absolute Gasteiger partial charge is 0.477 e. The minimum absolute atomic E-state index is 0.192. The van der Waals surface area contributed by atoms with Gasteiger partial charge in [0.25, 0.3) is 0 Å². The molecule has 1 aromatic carbocycles. The number of benzene rings is 1. The number of hydrogen-bond donors (Lipinski definition) is 1. The summed E-state index contributed by atoms with van der Waals surface area (Å²) < 4.78 is 2.74. The van der Waals surface area contributed by atoms with Crippen molar-refractivity contribution in [3.05, 3.63) is 52.2 Å². The Labute approximate surface area is 164 Å². The average molecular weight is 394 g/mol. The van der Waals surface area contributed by atoms with Gasteiger partial charge in [0.2, 0.25) is 5.43 Å². The molecule has 8 heteroatoms. The topological polar surface area (TPSA) is 78.2 Å². The summed E-state index contributed by atoms with van der Waals surface area (Å²) in [7, 11) is 2.10. The van der Waals surface area contributed by atoms with Gasteiger partial charge in [0.05, 0.1) is 15.6 Å². The lowest BCUT2D eigenvalue weighted by Crippen LogP contribution is -2.44. The molecule has 1 N–H and O–H groups in total. The standard InChI is InChI=1S/C20H18N4O3S/c1-22-8-10-23(11-9-22)15-7-6-12-17(25)16(20(26)27)19-24(18(12)21-15)13-4-2-3-5-14(13)28-19/h2-7H,8-11H2,1H3,(H,26,27). The van der Waals surface area contributed by atoms with Gasteiger partial charge in [0.15, 0.2) is 5.65 Å². The van der Waals surface area contributed by atoms with Crippen molar-refractivity contribution in [3.63, 3.8) is 0 Å². The van der Waals surface area contributed by atoms with Crippen molar-refractivity contribution in [3.8, 4) is 0 Å². The number of carboxylic acids is 1. The summed E-state index contributed by atoms with van der Waals surface area (Å²) in [6, 6.07) is 11.2. The Morgan fingerprint density at radius 2 is 1.86 bits per heavy atom. The second-order valence-electron chi connectivity index (χ2n) is 7.05. The van der Waals surface area contributed by atoms with Crippen LogP contribution in [0.1, 0.15) is 10.4 Å². The number of hydrogen-bond acceptors (Lipinski definition) is 6. The van der Waals surface area contributed by atoms with Crippen molar-refractivity contribution in [1.82, 2.24) is 14.3 Å². The molecule has 0 aliphatic carbocycles. The molecule has 0 amide bonds. The van der Waals surface area contributed by atoms with Crippen LogP contribution in [0.3, 0.4) is 0 Å². The number of anilines is 1. The van der Waals surface area contributed by atoms with Crippen LogP contribution in [0.25, 0.3) is 26.1 Å². The molecular formula is C20H18N4O3S. The van der Waals surface area contributed by atoms with Crippen LogP contribution >= 0.6 is 11.3 Å². The van der Waals surface area contributed by atoms with Crippen LogP contribution in [-0.4, -0.2) is 58.6 Å². The summed E-state index contributed by atoms with van der Waals surface area (Å²) >= 11 is 1.31. The van der Waals surface area contributed by atoms with Crippen molar-refractivity contribution in [1.29, 1.82) is 0 Å². The zero-order chi connectivity index (χ0) is 19.4. The molecule has 1 aliphatic rings. The van der Waals surface area contributed by atoms with E-state index in [9.17, 15) is 14.7 Å². The smallest absolute Gasteiger partial charge is 0.342 e. The maximum absolute atomic E-state index is 12.9. The number of piperazine rings is 1. The molecule has 28 heavy (non-hydrogen) atoms. The van der Waals surface area contributed by atoms with Gasteiger partial charge < -0.3 is 14.9 Å². The van der Waals surface area contributed by atoms with Gasteiger partial charge in [-0.3, -0.25) is 9.20 Å². The highest BCUT2D eigenvalue weighted by atomic mass is 32.1. The number of aromatic nitrogens is 2. The second kappa shape index (κ2) is 6.29. The number of thiazole rings is 1. The van der Waals surface area contributed by atoms with Gasteiger partial charge in [-0.2, -0.15) is 0 Å². The highest BCUT2D eigenvalue weighted by Gasteiger charge is 2.23. The predicted octanol–water partition coefficient (Wildman–Crippen LogP) is 2.51. The summed E-state index contributed by atoms with van der Waals surface area (Å²) in [5.74, 6) is -0.397. The van der Waals surface area contributed by atoms with Crippen molar-refractivity contribution >= 4 is 49.2 Å². The summed E-state index contributed by atoms with van der Waals surface area (Å²) in [6.45, 7) is 3.64. The molecule has 0 spiro atoms. The van der Waals surface area contributed by atoms with E-state index in [0.717, 1.165) is 42.2 Å². The lowest BCUT2D eigenvalue weighted by molar-refractivity contribution is 0.0697. The van der Waals surface area contributed by atoms with Crippen LogP contribution in [0.2, 0.25) is 0 Å². The Kier molecular flexibility index (Phi) is 3.85. The molecule has 0 radical (unpaired) electrons. The molecule has 1 saturated heterocycles. The normalized spacial score (nSPS) is 15.7. The quantitative estimate of drug-likeness (QED) is 0.563. The minimum atomic E-state index is -1.21. The fraction of sp³-hybridized carbons (Fsp3) is 0.250. The molecular weight excluding hydrogens is 376 g/mol. The van der Waals surface area contributed by atoms with Crippen LogP contribution in [0.5, 0.6) is 0 Å². The highest BCUT2D eigenvalue weighted by molar-refractivity contribution is 7.24. The number of aromatic carboxylic acids is 1. The van der Waals surface area contributed by atoms with Gasteiger partial charge in [-0.1, -0.05) is 12.1 Å². The van der Waals surface area contributed by atoms with Gasteiger partial charge >= 0.3 is 5.97 Å². The Hall–Kier alpha value is -2.97. The molecule has 4 heterocycles. The van der Waals surface area contributed by atoms with Crippen LogP contribution in [-0.2, 0) is 0 Å². The van der Waals surface area contributed by atoms with E-state index in [-0.39, 0.29) is 5.56 Å². The molecule has 5 rings (SSSR count). The number of pyridine rings is 2. The van der Waals surface area contributed by atoms with Crippen LogP contribution in [0.4, 0.5) is 5.82 Å². The third-order valence-electron chi connectivity index (χ3n) is 5.31. The van der Waals surface area contributed by atoms with Crippen LogP contribution < -0.4 is 10.3 Å². The van der Waals surface area contributed by atoms with E-state index >= 15 is 0 Å². The Morgan fingerprint density at radius 1 is 1.11 bits per heavy atom. The predicted molar refractivity (Wildman–Crippen MR) is 111 cm³/mol. The van der Waals surface area contributed by atoms with E-state index in [2.05, 4.69) is 16.8 Å². The third kappa shape index (κ3) is 2.49. The lowest BCUT2D eigenvalue weighted by Gasteiger charge is -2.33. The van der Waals surface area contributed by atoms with Crippen molar-refractivity contribution in [2.45, 2.75) is 0 Å². The molecule has 142 valence electrons. The zero-order valence-corrected chi connectivity index (χ0v) is 16.1. The fourth-order valence-electron chi connectivity index (χ4n) is 3.78. The zero-order valence-electron chi connectivity index (χ0n) is 15.3. The van der Waals surface area contributed by atoms with Gasteiger partial charge in [-0.25, -0.2) is 9.78 Å². The first kappa shape index (κ1) is 17.2. The number of likely N-dealkylation sites (N-methyl/N-ethyl adjacent to an activating group) is 1. The first-order valence-corrected chi connectivity index (χ1v) is 9.90. The van der Waals surface area contributed by atoms with Gasteiger partial charge in [-0.05, 0) is 31.3 Å². The summed E-state index contributed by atoms with van der Waals surface area (Å²) in [6.07, 6.45) is 0. The number of nitrogens with zero attached hydrogens (tertiary/aromatic N) is 4. The van der Waals surface area contributed by atoms with E-state index in [4.69, 9.17) is 4.98 Å². The number of rotatable bonds is 2. The molecule has 0 atom stereocenters. The third-order valence-corrected chi connectivity index (χ3v) is 6.46. The Balaban J connectivity index is 1.86. The van der Waals surface area contributed by atoms with E-state index in [1.807, 2.05) is 34.7 Å². The lowest BCUT2D eigenvalue weighted by atomic mass is 10.2. The molecule has 1 fully saturated rings. The molecule has 0 unspecified atom stereocenters. The van der Waals surface area contributed by atoms with E-state index < -0.39 is 11.4 Å². The van der Waals surface area contributed by atoms with Crippen LogP contribution in [0, 0.1) is 0 Å². The maximum atomic E-state index is 12.9. The minimum Gasteiger partial charge on any atom is -0.477 e. The van der Waals surface area contributed by atoms with Crippen molar-refractivity contribution < 1.29 is 9.90 Å². The SMILES string of the molecule is CN1CCN(c2ccc3c(=O)c(C(=O)O)c4sc5ccccc5n4c3n2)CC1. The number of fused-ring (bicyclic) bond motifs is 5. The number of carboxylic acid groups (broad SMARTS) is 1. The van der Waals surface area contributed by atoms with Crippen LogP contribution in [0.15, 0.2) is 41.2 Å². The highest BCUT2D eigenvalue weighted by Crippen LogP contribution is 2.31. The van der Waals surface area contributed by atoms with Gasteiger partial charge in [0.1, 0.15) is 16.2 Å². The van der Waals surface area contributed by atoms with E-state index in [1.165, 1.54) is 11.3 Å². The van der Waals surface area contributed by atoms with E-state index in [1.54, 1.807) is 6.07 Å². The summed E-state index contributed by atoms with van der Waals surface area (Å²) in [5, 5.41) is 10.0. The average Bonchev–Trinajstić information content (AvgIpc) is 3.07. The van der Waals surface area contributed by atoms with Gasteiger partial charge in [-0.15, -0.1) is 11.3 Å². The van der Waals surface area contributed by atoms with Crippen molar-refractivity contribution in [2.24, 2.45) is 0 Å².